The first-order chi connectivity index (χ1) is 25.5. The van der Waals surface area contributed by atoms with Gasteiger partial charge in [-0.15, -0.1) is 10.2 Å². The third-order valence-electron chi connectivity index (χ3n) is 7.09. The first-order valence-corrected chi connectivity index (χ1v) is 15.4. The number of carboxylic acid groups (broad SMARTS) is 3. The fraction of sp³-hybridized carbons (Fsp3) is 0.344. The number of aliphatic carboxylic acids is 3. The van der Waals surface area contributed by atoms with Gasteiger partial charge in [-0.25, -0.2) is 14.4 Å². The highest BCUT2D eigenvalue weighted by Crippen LogP contribution is 2.25. The fourth-order valence-electron chi connectivity index (χ4n) is 4.42. The molecule has 1 aromatic carbocycles. The summed E-state index contributed by atoms with van der Waals surface area (Å²) in [5, 5.41) is 33.3. The molecule has 0 radical (unpaired) electrons. The predicted octanol–water partition coefficient (Wildman–Crippen LogP) is 4.49. The van der Waals surface area contributed by atoms with E-state index in [1.807, 2.05) is 40.9 Å². The highest BCUT2D eigenvalue weighted by atomic mass is 19.4. The number of amides is 1. The minimum atomic E-state index is -5.08. The smallest absolute Gasteiger partial charge is 0.475 e. The lowest BCUT2D eigenvalue weighted by molar-refractivity contribution is -0.193. The molecule has 1 saturated heterocycles. The molecular formula is C32H32F9N7O7. The lowest BCUT2D eigenvalue weighted by Crippen LogP contribution is -2.46. The molecule has 4 aromatic rings. The largest absolute Gasteiger partial charge is 0.490 e. The second-order valence-corrected chi connectivity index (χ2v) is 11.2. The number of nitrogens with zero attached hydrogens (tertiary/aromatic N) is 6. The zero-order chi connectivity index (χ0) is 41.6. The van der Waals surface area contributed by atoms with Crippen molar-refractivity contribution < 1.29 is 74.0 Å². The predicted molar refractivity (Wildman–Crippen MR) is 171 cm³/mol. The number of pyridine rings is 2. The number of fused-ring (bicyclic) bond motifs is 1. The van der Waals surface area contributed by atoms with E-state index in [1.165, 1.54) is 5.56 Å². The number of piperazine rings is 1. The average Bonchev–Trinajstić information content (AvgIpc) is 3.53. The number of aromatic nitrogens is 4. The van der Waals surface area contributed by atoms with Crippen LogP contribution >= 0.6 is 0 Å². The number of alkyl halides is 9. The molecule has 0 aliphatic carbocycles. The van der Waals surface area contributed by atoms with Crippen LogP contribution in [0.15, 0.2) is 73.1 Å². The van der Waals surface area contributed by atoms with E-state index in [0.29, 0.717) is 18.5 Å². The summed E-state index contributed by atoms with van der Waals surface area (Å²) in [6, 6.07) is 20.1. The second-order valence-electron chi connectivity index (χ2n) is 11.2. The van der Waals surface area contributed by atoms with Crippen molar-refractivity contribution >= 4 is 29.5 Å². The van der Waals surface area contributed by atoms with Crippen molar-refractivity contribution in [3.8, 4) is 0 Å². The Labute approximate surface area is 304 Å². The van der Waals surface area contributed by atoms with E-state index >= 15 is 0 Å². The Bertz CT molecular complexity index is 1800. The van der Waals surface area contributed by atoms with Crippen molar-refractivity contribution in [3.63, 3.8) is 0 Å². The number of carbonyl (C=O) groups is 4. The van der Waals surface area contributed by atoms with Crippen LogP contribution in [-0.2, 0) is 27.3 Å². The van der Waals surface area contributed by atoms with Gasteiger partial charge in [0, 0.05) is 57.2 Å². The quantitative estimate of drug-likeness (QED) is 0.192. The highest BCUT2D eigenvalue weighted by Gasteiger charge is 2.39. The Balaban J connectivity index is 0.000000408. The number of benzene rings is 1. The van der Waals surface area contributed by atoms with Gasteiger partial charge in [-0.1, -0.05) is 36.4 Å². The minimum Gasteiger partial charge on any atom is -0.475 e. The summed E-state index contributed by atoms with van der Waals surface area (Å²) in [4.78, 5) is 48.6. The molecule has 1 amide bonds. The molecule has 14 nitrogen and oxygen atoms in total. The molecule has 5 rings (SSSR count). The van der Waals surface area contributed by atoms with Crippen LogP contribution in [0, 0.1) is 0 Å². The average molecular weight is 798 g/mol. The minimum absolute atomic E-state index is 0.0925. The molecule has 1 unspecified atom stereocenters. The van der Waals surface area contributed by atoms with E-state index in [1.54, 1.807) is 12.3 Å². The molecule has 3 aromatic heterocycles. The number of nitrogens with one attached hydrogen (secondary N) is 1. The van der Waals surface area contributed by atoms with Crippen LogP contribution in [0.25, 0.3) is 5.65 Å². The molecule has 0 bridgehead atoms. The van der Waals surface area contributed by atoms with Crippen molar-refractivity contribution in [1.29, 1.82) is 0 Å². The van der Waals surface area contributed by atoms with Crippen LogP contribution in [0.1, 0.15) is 33.5 Å². The lowest BCUT2D eigenvalue weighted by Gasteiger charge is -2.38. The summed E-state index contributed by atoms with van der Waals surface area (Å²) in [7, 11) is 2.12. The van der Waals surface area contributed by atoms with Crippen LogP contribution in [0.3, 0.4) is 0 Å². The molecular weight excluding hydrogens is 765 g/mol. The van der Waals surface area contributed by atoms with Gasteiger partial charge in [-0.2, -0.15) is 39.5 Å². The van der Waals surface area contributed by atoms with Gasteiger partial charge in [0.25, 0.3) is 5.91 Å². The summed E-state index contributed by atoms with van der Waals surface area (Å²) >= 11 is 0. The molecule has 300 valence electrons. The fourth-order valence-corrected chi connectivity index (χ4v) is 4.42. The Hall–Kier alpha value is -5.84. The lowest BCUT2D eigenvalue weighted by atomic mass is 10.1. The Morgan fingerprint density at radius 3 is 1.82 bits per heavy atom. The molecule has 0 saturated carbocycles. The van der Waals surface area contributed by atoms with Crippen LogP contribution in [-0.4, -0.2) is 120 Å². The molecule has 4 N–H and O–H groups in total. The molecule has 23 heteroatoms. The Morgan fingerprint density at radius 2 is 1.31 bits per heavy atom. The molecule has 1 fully saturated rings. The first-order valence-electron chi connectivity index (χ1n) is 15.4. The maximum atomic E-state index is 12.8. The summed E-state index contributed by atoms with van der Waals surface area (Å²) in [6.07, 6.45) is -10.9. The van der Waals surface area contributed by atoms with Crippen LogP contribution < -0.4 is 5.32 Å². The standard InChI is InChI=1S/C26H29N7O.3C2HF3O2/c1-31-15-16-32(17-20-7-3-2-4-8-20)19-23(31)25-30-29-24-11-10-21(18-33(24)25)26(34)28-14-12-22-9-5-6-13-27-22;3*3-2(4,5)1(6)7/h2-11,13,18,23H,12,14-17,19H2,1H3,(H,28,34);3*(H,6,7). The van der Waals surface area contributed by atoms with Gasteiger partial charge in [0.15, 0.2) is 11.5 Å². The van der Waals surface area contributed by atoms with Crippen molar-refractivity contribution in [3.05, 3.63) is 95.7 Å². The maximum Gasteiger partial charge on any atom is 0.490 e. The Morgan fingerprint density at radius 1 is 0.764 bits per heavy atom. The second kappa shape index (κ2) is 20.0. The van der Waals surface area contributed by atoms with Gasteiger partial charge >= 0.3 is 36.4 Å². The van der Waals surface area contributed by atoms with E-state index in [-0.39, 0.29) is 11.9 Å². The van der Waals surface area contributed by atoms with Crippen LogP contribution in [0.2, 0.25) is 0 Å². The number of carbonyl (C=O) groups excluding carboxylic acids is 1. The van der Waals surface area contributed by atoms with Crippen molar-refractivity contribution in [2.75, 3.05) is 33.2 Å². The zero-order valence-corrected chi connectivity index (χ0v) is 28.3. The van der Waals surface area contributed by atoms with E-state index in [9.17, 15) is 44.3 Å². The molecule has 4 heterocycles. The van der Waals surface area contributed by atoms with Gasteiger partial charge in [-0.3, -0.25) is 24.0 Å². The van der Waals surface area contributed by atoms with E-state index < -0.39 is 36.4 Å². The van der Waals surface area contributed by atoms with E-state index in [4.69, 9.17) is 29.7 Å². The summed E-state index contributed by atoms with van der Waals surface area (Å²) in [5.74, 6) is -7.52. The number of halogens is 9. The molecule has 1 aliphatic rings. The maximum absolute atomic E-state index is 12.8. The number of likely N-dealkylation sites (N-methyl/N-ethyl adjacent to an activating group) is 1. The molecule has 1 aliphatic heterocycles. The number of hydrogen-bond acceptors (Lipinski definition) is 9. The van der Waals surface area contributed by atoms with Crippen molar-refractivity contribution in [2.24, 2.45) is 0 Å². The summed E-state index contributed by atoms with van der Waals surface area (Å²) < 4.78 is 97.2. The van der Waals surface area contributed by atoms with E-state index in [2.05, 4.69) is 61.6 Å². The monoisotopic (exact) mass is 797 g/mol. The van der Waals surface area contributed by atoms with Gasteiger partial charge in [0.05, 0.1) is 11.6 Å². The van der Waals surface area contributed by atoms with Crippen molar-refractivity contribution in [1.82, 2.24) is 34.7 Å². The van der Waals surface area contributed by atoms with E-state index in [0.717, 1.165) is 43.3 Å². The number of carboxylic acids is 3. The molecule has 0 spiro atoms. The van der Waals surface area contributed by atoms with Gasteiger partial charge in [-0.05, 0) is 36.9 Å². The summed E-state index contributed by atoms with van der Waals surface area (Å²) in [6.45, 7) is 4.24. The van der Waals surface area contributed by atoms with Gasteiger partial charge in [0.2, 0.25) is 0 Å². The topological polar surface area (TPSA) is 191 Å². The number of hydrogen-bond donors (Lipinski definition) is 4. The third-order valence-corrected chi connectivity index (χ3v) is 7.09. The summed E-state index contributed by atoms with van der Waals surface area (Å²) in [5.41, 5.74) is 3.60. The van der Waals surface area contributed by atoms with Gasteiger partial charge in [0.1, 0.15) is 0 Å². The molecule has 55 heavy (non-hydrogen) atoms. The normalized spacial score (nSPS) is 14.9. The molecule has 1 atom stereocenters. The third kappa shape index (κ3) is 15.6. The van der Waals surface area contributed by atoms with Crippen molar-refractivity contribution in [2.45, 2.75) is 37.5 Å². The van der Waals surface area contributed by atoms with Gasteiger partial charge < -0.3 is 20.6 Å². The highest BCUT2D eigenvalue weighted by molar-refractivity contribution is 5.94. The van der Waals surface area contributed by atoms with Crippen LogP contribution in [0.4, 0.5) is 39.5 Å². The SMILES string of the molecule is CN1CCN(Cc2ccccc2)CC1c1nnc2ccc(C(=O)NCCc3ccccn3)cn12.O=C(O)C(F)(F)F.O=C(O)C(F)(F)F.O=C(O)C(F)(F)F. The van der Waals surface area contributed by atoms with Crippen LogP contribution in [0.5, 0.6) is 0 Å². The zero-order valence-electron chi connectivity index (χ0n) is 28.3. The number of rotatable bonds is 7. The first kappa shape index (κ1) is 45.3. The Kier molecular flexibility index (Phi) is 16.5.